The van der Waals surface area contributed by atoms with Gasteiger partial charge in [0.2, 0.25) is 0 Å². The van der Waals surface area contributed by atoms with E-state index in [1.165, 1.54) is 42.8 Å². The van der Waals surface area contributed by atoms with Gasteiger partial charge in [-0.05, 0) is 55.7 Å². The molecule has 1 saturated heterocycles. The molecule has 1 amide bonds. The zero-order valence-corrected chi connectivity index (χ0v) is 13.5. The van der Waals surface area contributed by atoms with Crippen molar-refractivity contribution in [2.45, 2.75) is 19.8 Å². The van der Waals surface area contributed by atoms with Crippen molar-refractivity contribution in [2.24, 2.45) is 0 Å². The molecule has 3 rings (SSSR count). The molecule has 124 valence electrons. The number of nitro groups is 1. The number of amides is 1. The molecule has 6 heteroatoms. The summed E-state index contributed by atoms with van der Waals surface area (Å²) in [7, 11) is 0. The zero-order valence-electron chi connectivity index (χ0n) is 13.5. The number of non-ortho nitro benzene ring substituents is 1. The molecule has 2 aromatic rings. The lowest BCUT2D eigenvalue weighted by molar-refractivity contribution is -0.384. The fraction of sp³-hybridized carbons (Fsp3) is 0.278. The highest BCUT2D eigenvalue weighted by Crippen LogP contribution is 2.26. The molecule has 0 aliphatic carbocycles. The molecule has 0 spiro atoms. The molecule has 6 nitrogen and oxygen atoms in total. The molecule has 2 aromatic carbocycles. The molecule has 0 unspecified atom stereocenters. The molecule has 0 atom stereocenters. The Kier molecular flexibility index (Phi) is 4.46. The van der Waals surface area contributed by atoms with Gasteiger partial charge in [-0.2, -0.15) is 0 Å². The molecule has 1 aliphatic rings. The van der Waals surface area contributed by atoms with Gasteiger partial charge >= 0.3 is 0 Å². The maximum Gasteiger partial charge on any atom is 0.269 e. The lowest BCUT2D eigenvalue weighted by Gasteiger charge is -2.19. The van der Waals surface area contributed by atoms with Crippen LogP contribution in [-0.4, -0.2) is 23.9 Å². The highest BCUT2D eigenvalue weighted by atomic mass is 16.6. The zero-order chi connectivity index (χ0) is 17.1. The summed E-state index contributed by atoms with van der Waals surface area (Å²) in [5.74, 6) is -0.276. The maximum atomic E-state index is 12.3. The van der Waals surface area contributed by atoms with E-state index in [2.05, 4.69) is 16.3 Å². The number of nitrogens with one attached hydrogen (secondary N) is 1. The molecule has 1 aliphatic heterocycles. The molecule has 1 heterocycles. The molecule has 0 bridgehead atoms. The predicted octanol–water partition coefficient (Wildman–Crippen LogP) is 3.76. The van der Waals surface area contributed by atoms with Crippen LogP contribution in [0.15, 0.2) is 42.5 Å². The minimum Gasteiger partial charge on any atom is -0.372 e. The summed E-state index contributed by atoms with van der Waals surface area (Å²) in [4.78, 5) is 24.8. The summed E-state index contributed by atoms with van der Waals surface area (Å²) in [5.41, 5.74) is 3.29. The number of nitrogens with zero attached hydrogens (tertiary/aromatic N) is 2. The van der Waals surface area contributed by atoms with Crippen molar-refractivity contribution in [1.29, 1.82) is 0 Å². The SMILES string of the molecule is Cc1cc(N2CCCC2)ccc1NC(=O)c1ccc([N+](=O)[O-])cc1. The van der Waals surface area contributed by atoms with Gasteiger partial charge in [0.15, 0.2) is 0 Å². The second-order valence-corrected chi connectivity index (χ2v) is 5.95. The lowest BCUT2D eigenvalue weighted by Crippen LogP contribution is -2.18. The van der Waals surface area contributed by atoms with Crippen LogP contribution in [0, 0.1) is 17.0 Å². The number of carbonyl (C=O) groups is 1. The number of hydrogen-bond donors (Lipinski definition) is 1. The second-order valence-electron chi connectivity index (χ2n) is 5.95. The van der Waals surface area contributed by atoms with E-state index in [0.29, 0.717) is 5.56 Å². The minimum absolute atomic E-state index is 0.0299. The van der Waals surface area contributed by atoms with Crippen molar-refractivity contribution in [3.8, 4) is 0 Å². The van der Waals surface area contributed by atoms with Crippen LogP contribution in [0.3, 0.4) is 0 Å². The Morgan fingerprint density at radius 3 is 2.38 bits per heavy atom. The lowest BCUT2D eigenvalue weighted by atomic mass is 10.1. The summed E-state index contributed by atoms with van der Waals surface area (Å²) in [6.45, 7) is 4.12. The average Bonchev–Trinajstić information content (AvgIpc) is 3.11. The Bertz CT molecular complexity index is 766. The highest BCUT2D eigenvalue weighted by Gasteiger charge is 2.14. The van der Waals surface area contributed by atoms with E-state index < -0.39 is 4.92 Å². The summed E-state index contributed by atoms with van der Waals surface area (Å²) < 4.78 is 0. The summed E-state index contributed by atoms with van der Waals surface area (Å²) >= 11 is 0. The number of benzene rings is 2. The Labute approximate surface area is 140 Å². The highest BCUT2D eigenvalue weighted by molar-refractivity contribution is 6.04. The van der Waals surface area contributed by atoms with Gasteiger partial charge in [0.25, 0.3) is 11.6 Å². The van der Waals surface area contributed by atoms with Crippen molar-refractivity contribution >= 4 is 23.0 Å². The first-order valence-corrected chi connectivity index (χ1v) is 7.96. The van der Waals surface area contributed by atoms with Gasteiger partial charge in [-0.15, -0.1) is 0 Å². The number of rotatable bonds is 4. The average molecular weight is 325 g/mol. The van der Waals surface area contributed by atoms with Gasteiger partial charge < -0.3 is 10.2 Å². The fourth-order valence-electron chi connectivity index (χ4n) is 2.89. The van der Waals surface area contributed by atoms with Gasteiger partial charge in [-0.25, -0.2) is 0 Å². The molecule has 0 saturated carbocycles. The summed E-state index contributed by atoms with van der Waals surface area (Å²) in [6.07, 6.45) is 2.44. The van der Waals surface area contributed by atoms with Gasteiger partial charge in [-0.1, -0.05) is 0 Å². The predicted molar refractivity (Wildman–Crippen MR) is 93.7 cm³/mol. The molecular formula is C18H19N3O3. The van der Waals surface area contributed by atoms with Gasteiger partial charge in [0.05, 0.1) is 4.92 Å². The van der Waals surface area contributed by atoms with Gasteiger partial charge in [0, 0.05) is 42.2 Å². The topological polar surface area (TPSA) is 75.5 Å². The third kappa shape index (κ3) is 3.37. The molecule has 0 radical (unpaired) electrons. The van der Waals surface area contributed by atoms with Crippen LogP contribution in [0.5, 0.6) is 0 Å². The Balaban J connectivity index is 1.72. The maximum absolute atomic E-state index is 12.3. The van der Waals surface area contributed by atoms with Crippen LogP contribution in [0.4, 0.5) is 17.1 Å². The molecular weight excluding hydrogens is 306 g/mol. The summed E-state index contributed by atoms with van der Waals surface area (Å²) in [6, 6.07) is 11.6. The van der Waals surface area contributed by atoms with E-state index in [9.17, 15) is 14.9 Å². The van der Waals surface area contributed by atoms with Gasteiger partial charge in [0.1, 0.15) is 0 Å². The van der Waals surface area contributed by atoms with Crippen LogP contribution in [-0.2, 0) is 0 Å². The third-order valence-electron chi connectivity index (χ3n) is 4.27. The van der Waals surface area contributed by atoms with E-state index in [1.54, 1.807) is 0 Å². The smallest absolute Gasteiger partial charge is 0.269 e. The first-order chi connectivity index (χ1) is 11.5. The number of hydrogen-bond acceptors (Lipinski definition) is 4. The van der Waals surface area contributed by atoms with Crippen molar-refractivity contribution in [3.63, 3.8) is 0 Å². The van der Waals surface area contributed by atoms with E-state index in [4.69, 9.17) is 0 Å². The summed E-state index contributed by atoms with van der Waals surface area (Å²) in [5, 5.41) is 13.5. The van der Waals surface area contributed by atoms with Crippen LogP contribution >= 0.6 is 0 Å². The first kappa shape index (κ1) is 16.0. The van der Waals surface area contributed by atoms with E-state index >= 15 is 0 Å². The van der Waals surface area contributed by atoms with Crippen LogP contribution in [0.25, 0.3) is 0 Å². The molecule has 1 N–H and O–H groups in total. The number of carbonyl (C=O) groups excluding carboxylic acids is 1. The van der Waals surface area contributed by atoms with Crippen molar-refractivity contribution in [1.82, 2.24) is 0 Å². The normalized spacial score (nSPS) is 13.8. The Morgan fingerprint density at radius 1 is 1.12 bits per heavy atom. The molecule has 0 aromatic heterocycles. The van der Waals surface area contributed by atoms with E-state index in [0.717, 1.165) is 24.3 Å². The second kappa shape index (κ2) is 6.70. The molecule has 1 fully saturated rings. The number of anilines is 2. The van der Waals surface area contributed by atoms with Gasteiger partial charge in [-0.3, -0.25) is 14.9 Å². The first-order valence-electron chi connectivity index (χ1n) is 7.96. The monoisotopic (exact) mass is 325 g/mol. The van der Waals surface area contributed by atoms with Crippen molar-refractivity contribution in [3.05, 3.63) is 63.7 Å². The van der Waals surface area contributed by atoms with E-state index in [-0.39, 0.29) is 11.6 Å². The number of nitro benzene ring substituents is 1. The number of aryl methyl sites for hydroxylation is 1. The standard InChI is InChI=1S/C18H19N3O3/c1-13-12-16(20-10-2-3-11-20)8-9-17(13)19-18(22)14-4-6-15(7-5-14)21(23)24/h4-9,12H,2-3,10-11H2,1H3,(H,19,22). The van der Waals surface area contributed by atoms with Crippen molar-refractivity contribution < 1.29 is 9.72 Å². The largest absolute Gasteiger partial charge is 0.372 e. The van der Waals surface area contributed by atoms with Crippen LogP contribution in [0.1, 0.15) is 28.8 Å². The van der Waals surface area contributed by atoms with E-state index in [1.807, 2.05) is 19.1 Å². The van der Waals surface area contributed by atoms with Crippen LogP contribution in [0.2, 0.25) is 0 Å². The van der Waals surface area contributed by atoms with Crippen LogP contribution < -0.4 is 10.2 Å². The Morgan fingerprint density at radius 2 is 1.79 bits per heavy atom. The third-order valence-corrected chi connectivity index (χ3v) is 4.27. The fourth-order valence-corrected chi connectivity index (χ4v) is 2.89. The minimum atomic E-state index is -0.483. The van der Waals surface area contributed by atoms with Crippen molar-refractivity contribution in [2.75, 3.05) is 23.3 Å². The molecule has 24 heavy (non-hydrogen) atoms. The quantitative estimate of drug-likeness (QED) is 0.686. The Hall–Kier alpha value is -2.89.